The number of morpholine rings is 1. The molecule has 6 N–H and O–H groups in total. The maximum absolute atomic E-state index is 13.3. The molecule has 4 heterocycles. The lowest BCUT2D eigenvalue weighted by Gasteiger charge is -2.31. The first kappa shape index (κ1) is 21.8. The predicted molar refractivity (Wildman–Crippen MR) is 132 cm³/mol. The van der Waals surface area contributed by atoms with Crippen LogP contribution in [0.25, 0.3) is 22.3 Å². The Labute approximate surface area is 196 Å². The van der Waals surface area contributed by atoms with Crippen LogP contribution in [0.5, 0.6) is 0 Å². The lowest BCUT2D eigenvalue weighted by molar-refractivity contribution is 0.102. The summed E-state index contributed by atoms with van der Waals surface area (Å²) in [6, 6.07) is 9.81. The second-order valence-electron chi connectivity index (χ2n) is 8.04. The van der Waals surface area contributed by atoms with Crippen LogP contribution in [-0.4, -0.2) is 58.7 Å². The van der Waals surface area contributed by atoms with Gasteiger partial charge in [0.25, 0.3) is 5.91 Å². The van der Waals surface area contributed by atoms with Crippen molar-refractivity contribution in [3.8, 4) is 11.3 Å². The lowest BCUT2D eigenvalue weighted by atomic mass is 10.1. The summed E-state index contributed by atoms with van der Waals surface area (Å²) >= 11 is 0. The summed E-state index contributed by atoms with van der Waals surface area (Å²) in [4.78, 5) is 31.8. The van der Waals surface area contributed by atoms with E-state index in [1.807, 2.05) is 36.5 Å². The highest BCUT2D eigenvalue weighted by Crippen LogP contribution is 2.34. The third kappa shape index (κ3) is 4.28. The first-order valence-electron chi connectivity index (χ1n) is 11.2. The largest absolute Gasteiger partial charge is 0.382 e. The van der Waals surface area contributed by atoms with Gasteiger partial charge in [-0.05, 0) is 24.6 Å². The molecule has 0 bridgehead atoms. The van der Waals surface area contributed by atoms with Gasteiger partial charge >= 0.3 is 0 Å². The van der Waals surface area contributed by atoms with E-state index in [-0.39, 0.29) is 11.5 Å². The molecular formula is C24H26N8O2. The summed E-state index contributed by atoms with van der Waals surface area (Å²) in [5, 5.41) is 3.88. The monoisotopic (exact) mass is 458 g/mol. The molecule has 5 rings (SSSR count). The fourth-order valence-electron chi connectivity index (χ4n) is 4.11. The van der Waals surface area contributed by atoms with Crippen LogP contribution in [0.15, 0.2) is 48.9 Å². The molecule has 1 saturated heterocycles. The molecule has 0 unspecified atom stereocenters. The Bertz CT molecular complexity index is 1310. The number of carbonyl (C=O) groups excluding carboxylic acids is 1. The van der Waals surface area contributed by atoms with E-state index in [2.05, 4.69) is 30.2 Å². The summed E-state index contributed by atoms with van der Waals surface area (Å²) in [5.74, 6) is -0.387. The second-order valence-corrected chi connectivity index (χ2v) is 8.04. The topological polar surface area (TPSA) is 148 Å². The first-order valence-corrected chi connectivity index (χ1v) is 11.2. The van der Waals surface area contributed by atoms with Crippen LogP contribution in [0, 0.1) is 0 Å². The van der Waals surface area contributed by atoms with Gasteiger partial charge in [0.2, 0.25) is 0 Å². The van der Waals surface area contributed by atoms with Gasteiger partial charge in [0, 0.05) is 30.2 Å². The molecular weight excluding hydrogens is 432 g/mol. The van der Waals surface area contributed by atoms with Crippen LogP contribution in [0.4, 0.5) is 17.2 Å². The van der Waals surface area contributed by atoms with Crippen LogP contribution in [-0.2, 0) is 11.2 Å². The summed E-state index contributed by atoms with van der Waals surface area (Å²) in [5.41, 5.74) is 16.5. The SMILES string of the molecule is NCCc1ccc(-c2cnc(N)c(C(=O)Nc3cnc4[nH]ccc4c3N3CCOCC3)n2)cc1. The van der Waals surface area contributed by atoms with Gasteiger partial charge in [-0.25, -0.2) is 15.0 Å². The number of H-pyrrole nitrogens is 1. The third-order valence-corrected chi connectivity index (χ3v) is 5.83. The summed E-state index contributed by atoms with van der Waals surface area (Å²) in [6.07, 6.45) is 5.84. The van der Waals surface area contributed by atoms with Crippen molar-refractivity contribution in [1.29, 1.82) is 0 Å². The Morgan fingerprint density at radius 1 is 1.12 bits per heavy atom. The van der Waals surface area contributed by atoms with Crippen LogP contribution < -0.4 is 21.7 Å². The molecule has 1 fully saturated rings. The number of hydrogen-bond acceptors (Lipinski definition) is 8. The van der Waals surface area contributed by atoms with E-state index in [0.717, 1.165) is 34.3 Å². The minimum absolute atomic E-state index is 0.0598. The number of hydrogen-bond donors (Lipinski definition) is 4. The number of anilines is 3. The number of nitrogens with two attached hydrogens (primary N) is 2. The zero-order valence-corrected chi connectivity index (χ0v) is 18.6. The van der Waals surface area contributed by atoms with E-state index in [1.54, 1.807) is 12.4 Å². The number of aromatic nitrogens is 4. The van der Waals surface area contributed by atoms with Crippen LogP contribution >= 0.6 is 0 Å². The molecule has 10 nitrogen and oxygen atoms in total. The molecule has 10 heteroatoms. The van der Waals surface area contributed by atoms with Crippen molar-refractivity contribution in [3.05, 3.63) is 60.2 Å². The minimum atomic E-state index is -0.446. The molecule has 3 aromatic heterocycles. The Balaban J connectivity index is 1.46. The van der Waals surface area contributed by atoms with Gasteiger partial charge in [0.15, 0.2) is 11.5 Å². The lowest BCUT2D eigenvalue weighted by Crippen LogP contribution is -2.37. The van der Waals surface area contributed by atoms with Gasteiger partial charge in [0.1, 0.15) is 5.65 Å². The highest BCUT2D eigenvalue weighted by molar-refractivity contribution is 6.10. The average Bonchev–Trinajstić information content (AvgIpc) is 3.34. The number of ether oxygens (including phenoxy) is 1. The van der Waals surface area contributed by atoms with Gasteiger partial charge in [-0.1, -0.05) is 24.3 Å². The number of nitrogen functional groups attached to an aromatic ring is 1. The van der Waals surface area contributed by atoms with E-state index in [9.17, 15) is 4.79 Å². The molecule has 0 radical (unpaired) electrons. The smallest absolute Gasteiger partial charge is 0.278 e. The number of aromatic amines is 1. The molecule has 4 aromatic rings. The number of benzene rings is 1. The van der Waals surface area contributed by atoms with E-state index in [1.165, 1.54) is 0 Å². The van der Waals surface area contributed by atoms with Gasteiger partial charge in [-0.3, -0.25) is 4.79 Å². The van der Waals surface area contributed by atoms with Crippen molar-refractivity contribution in [2.75, 3.05) is 48.8 Å². The summed E-state index contributed by atoms with van der Waals surface area (Å²) in [6.45, 7) is 3.25. The highest BCUT2D eigenvalue weighted by atomic mass is 16.5. The summed E-state index contributed by atoms with van der Waals surface area (Å²) in [7, 11) is 0. The zero-order chi connectivity index (χ0) is 23.5. The fraction of sp³-hybridized carbons (Fsp3) is 0.250. The van der Waals surface area contributed by atoms with Gasteiger partial charge in [-0.15, -0.1) is 0 Å². The Hall–Kier alpha value is -4.02. The standard InChI is InChI=1S/C24H26N8O2/c25-7-5-15-1-3-16(4-2-15)18-13-28-22(26)20(30-18)24(33)31-19-14-29-23-17(6-8-27-23)21(19)32-9-11-34-12-10-32/h1-4,6,8,13-14H,5,7,9-12,25H2,(H2,26,28)(H,27,29)(H,31,33). The number of rotatable bonds is 6. The molecule has 0 saturated carbocycles. The van der Waals surface area contributed by atoms with Crippen molar-refractivity contribution < 1.29 is 9.53 Å². The van der Waals surface area contributed by atoms with Gasteiger partial charge in [-0.2, -0.15) is 0 Å². The first-order chi connectivity index (χ1) is 16.6. The Kier molecular flexibility index (Phi) is 6.07. The molecule has 34 heavy (non-hydrogen) atoms. The molecule has 0 aliphatic carbocycles. The number of nitrogens with one attached hydrogen (secondary N) is 2. The van der Waals surface area contributed by atoms with Crippen LogP contribution in [0.3, 0.4) is 0 Å². The maximum Gasteiger partial charge on any atom is 0.278 e. The molecule has 174 valence electrons. The van der Waals surface area contributed by atoms with Crippen molar-refractivity contribution >= 4 is 34.1 Å². The van der Waals surface area contributed by atoms with Crippen molar-refractivity contribution in [2.45, 2.75) is 6.42 Å². The third-order valence-electron chi connectivity index (χ3n) is 5.83. The Morgan fingerprint density at radius 3 is 2.68 bits per heavy atom. The van der Waals surface area contributed by atoms with E-state index in [4.69, 9.17) is 16.2 Å². The Morgan fingerprint density at radius 2 is 1.91 bits per heavy atom. The van der Waals surface area contributed by atoms with E-state index in [0.29, 0.717) is 44.2 Å². The number of nitrogens with zero attached hydrogens (tertiary/aromatic N) is 4. The maximum atomic E-state index is 13.3. The highest BCUT2D eigenvalue weighted by Gasteiger charge is 2.22. The molecule has 1 aromatic carbocycles. The quantitative estimate of drug-likeness (QED) is 0.344. The molecule has 1 aliphatic rings. The van der Waals surface area contributed by atoms with Crippen molar-refractivity contribution in [3.63, 3.8) is 0 Å². The molecule has 0 atom stereocenters. The number of fused-ring (bicyclic) bond motifs is 1. The van der Waals surface area contributed by atoms with Crippen LogP contribution in [0.2, 0.25) is 0 Å². The minimum Gasteiger partial charge on any atom is -0.382 e. The summed E-state index contributed by atoms with van der Waals surface area (Å²) < 4.78 is 5.50. The molecule has 1 aliphatic heterocycles. The number of carbonyl (C=O) groups is 1. The van der Waals surface area contributed by atoms with E-state index >= 15 is 0 Å². The van der Waals surface area contributed by atoms with Crippen molar-refractivity contribution in [2.24, 2.45) is 5.73 Å². The zero-order valence-electron chi connectivity index (χ0n) is 18.6. The average molecular weight is 459 g/mol. The number of amides is 1. The number of pyridine rings is 1. The fourth-order valence-corrected chi connectivity index (χ4v) is 4.11. The van der Waals surface area contributed by atoms with Gasteiger partial charge < -0.3 is 31.4 Å². The normalized spacial score (nSPS) is 13.9. The van der Waals surface area contributed by atoms with E-state index < -0.39 is 5.91 Å². The second kappa shape index (κ2) is 9.46. The molecule has 1 amide bonds. The van der Waals surface area contributed by atoms with Gasteiger partial charge in [0.05, 0.1) is 42.7 Å². The predicted octanol–water partition coefficient (Wildman–Crippen LogP) is 2.19. The molecule has 0 spiro atoms. The van der Waals surface area contributed by atoms with Crippen LogP contribution in [0.1, 0.15) is 16.1 Å². The van der Waals surface area contributed by atoms with Crippen molar-refractivity contribution in [1.82, 2.24) is 19.9 Å².